The molecule has 34 heavy (non-hydrogen) atoms. The third-order valence-electron chi connectivity index (χ3n) is 5.74. The average molecular weight is 494 g/mol. The fourth-order valence-electron chi connectivity index (χ4n) is 3.88. The number of hydrogen-bond donors (Lipinski definition) is 2. The molecule has 2 aromatic heterocycles. The fourth-order valence-corrected chi connectivity index (χ4v) is 4.73. The van der Waals surface area contributed by atoms with Crippen LogP contribution in [0, 0.1) is 11.6 Å². The van der Waals surface area contributed by atoms with Gasteiger partial charge < -0.3 is 25.3 Å². The van der Waals surface area contributed by atoms with Gasteiger partial charge in [0.05, 0.1) is 43.0 Å². The molecule has 0 saturated carbocycles. The minimum atomic E-state index is -0.828. The average Bonchev–Trinajstić information content (AvgIpc) is 3.38. The van der Waals surface area contributed by atoms with Gasteiger partial charge in [-0.25, -0.2) is 13.8 Å². The van der Waals surface area contributed by atoms with Gasteiger partial charge in [-0.1, -0.05) is 0 Å². The van der Waals surface area contributed by atoms with E-state index in [9.17, 15) is 13.6 Å². The molecule has 12 heteroatoms. The van der Waals surface area contributed by atoms with Crippen molar-refractivity contribution in [2.75, 3.05) is 26.1 Å². The number of thiazole rings is 1. The lowest BCUT2D eigenvalue weighted by Crippen LogP contribution is -2.37. The Labute approximate surface area is 198 Å². The van der Waals surface area contributed by atoms with Gasteiger partial charge in [0.2, 0.25) is 0 Å². The zero-order valence-electron chi connectivity index (χ0n) is 18.9. The third-order valence-corrected chi connectivity index (χ3v) is 6.60. The van der Waals surface area contributed by atoms with Crippen LogP contribution in [0.3, 0.4) is 0 Å². The van der Waals surface area contributed by atoms with Crippen LogP contribution >= 0.6 is 11.3 Å². The molecule has 4 rings (SSSR count). The number of halogens is 2. The molecule has 1 aromatic carbocycles. The van der Waals surface area contributed by atoms with E-state index in [0.717, 1.165) is 23.5 Å². The first kappa shape index (κ1) is 24.2. The van der Waals surface area contributed by atoms with Crippen molar-refractivity contribution in [1.82, 2.24) is 14.8 Å². The smallest absolute Gasteiger partial charge is 0.275 e. The monoisotopic (exact) mass is 493 g/mol. The number of carbonyl (C=O) groups is 1. The summed E-state index contributed by atoms with van der Waals surface area (Å²) in [7, 11) is 4.66. The Morgan fingerprint density at radius 3 is 2.71 bits per heavy atom. The molecular weight excluding hydrogens is 468 g/mol. The maximum Gasteiger partial charge on any atom is 0.275 e. The Morgan fingerprint density at radius 1 is 1.29 bits per heavy atom. The second-order valence-electron chi connectivity index (χ2n) is 7.86. The Balaban J connectivity index is 1.54. The number of amides is 1. The predicted octanol–water partition coefficient (Wildman–Crippen LogP) is 3.28. The highest BCUT2D eigenvalue weighted by Crippen LogP contribution is 2.34. The van der Waals surface area contributed by atoms with E-state index in [-0.39, 0.29) is 40.3 Å². The van der Waals surface area contributed by atoms with Crippen molar-refractivity contribution in [2.24, 2.45) is 12.8 Å². The molecule has 1 saturated heterocycles. The van der Waals surface area contributed by atoms with Crippen LogP contribution in [0.5, 0.6) is 5.75 Å². The quantitative estimate of drug-likeness (QED) is 0.542. The lowest BCUT2D eigenvalue weighted by atomic mass is 10.0. The van der Waals surface area contributed by atoms with Crippen molar-refractivity contribution in [3.05, 3.63) is 46.7 Å². The van der Waals surface area contributed by atoms with E-state index >= 15 is 0 Å². The SMILES string of the molecule is COc1cc(F)c(-c2nc(C(=O)Nc3cnn(C)c3C3CCC(N)[C@@H](OC)CO3)cs2)c(F)c1. The summed E-state index contributed by atoms with van der Waals surface area (Å²) in [6.45, 7) is 0.315. The van der Waals surface area contributed by atoms with E-state index < -0.39 is 17.5 Å². The number of aryl methyl sites for hydroxylation is 1. The van der Waals surface area contributed by atoms with E-state index in [2.05, 4.69) is 15.4 Å². The molecule has 3 atom stereocenters. The highest BCUT2D eigenvalue weighted by molar-refractivity contribution is 7.13. The number of nitrogens with two attached hydrogens (primary N) is 1. The summed E-state index contributed by atoms with van der Waals surface area (Å²) in [4.78, 5) is 17.0. The maximum atomic E-state index is 14.4. The molecule has 1 amide bonds. The van der Waals surface area contributed by atoms with Crippen LogP contribution in [0.1, 0.15) is 35.1 Å². The Morgan fingerprint density at radius 2 is 2.03 bits per heavy atom. The first-order valence-corrected chi connectivity index (χ1v) is 11.4. The molecular formula is C22H25F2N5O4S. The molecule has 0 spiro atoms. The minimum absolute atomic E-state index is 0.0210. The van der Waals surface area contributed by atoms with Crippen molar-refractivity contribution in [2.45, 2.75) is 31.1 Å². The second-order valence-corrected chi connectivity index (χ2v) is 8.72. The summed E-state index contributed by atoms with van der Waals surface area (Å²) in [5.74, 6) is -2.14. The summed E-state index contributed by atoms with van der Waals surface area (Å²) >= 11 is 0.960. The number of anilines is 1. The second kappa shape index (κ2) is 10.1. The van der Waals surface area contributed by atoms with E-state index in [4.69, 9.17) is 19.9 Å². The molecule has 1 aliphatic heterocycles. The van der Waals surface area contributed by atoms with E-state index in [1.165, 1.54) is 18.7 Å². The lowest BCUT2D eigenvalue weighted by molar-refractivity contribution is -0.0211. The van der Waals surface area contributed by atoms with Gasteiger partial charge in [0.1, 0.15) is 34.2 Å². The summed E-state index contributed by atoms with van der Waals surface area (Å²) in [6.07, 6.45) is 2.26. The van der Waals surface area contributed by atoms with Crippen LogP contribution in [0.4, 0.5) is 14.5 Å². The number of nitrogens with zero attached hydrogens (tertiary/aromatic N) is 3. The van der Waals surface area contributed by atoms with Gasteiger partial charge in [-0.15, -0.1) is 11.3 Å². The Kier molecular flexibility index (Phi) is 7.22. The van der Waals surface area contributed by atoms with Crippen molar-refractivity contribution in [3.8, 4) is 16.3 Å². The van der Waals surface area contributed by atoms with E-state index in [0.29, 0.717) is 30.8 Å². The van der Waals surface area contributed by atoms with E-state index in [1.807, 2.05) is 0 Å². The van der Waals surface area contributed by atoms with Crippen LogP contribution in [0.15, 0.2) is 23.7 Å². The highest BCUT2D eigenvalue weighted by atomic mass is 32.1. The number of ether oxygens (including phenoxy) is 3. The number of hydrogen-bond acceptors (Lipinski definition) is 8. The molecule has 3 N–H and O–H groups in total. The van der Waals surface area contributed by atoms with Crippen LogP contribution < -0.4 is 15.8 Å². The first-order chi connectivity index (χ1) is 16.3. The number of carbonyl (C=O) groups excluding carboxylic acids is 1. The predicted molar refractivity (Wildman–Crippen MR) is 122 cm³/mol. The molecule has 0 bridgehead atoms. The molecule has 2 unspecified atom stereocenters. The van der Waals surface area contributed by atoms with E-state index in [1.54, 1.807) is 18.8 Å². The molecule has 0 aliphatic carbocycles. The summed E-state index contributed by atoms with van der Waals surface area (Å²) in [5, 5.41) is 8.52. The lowest BCUT2D eigenvalue weighted by Gasteiger charge is -2.19. The molecule has 9 nitrogen and oxygen atoms in total. The Bertz CT molecular complexity index is 1160. The number of benzene rings is 1. The van der Waals surface area contributed by atoms with Gasteiger partial charge in [-0.05, 0) is 12.8 Å². The maximum absolute atomic E-state index is 14.4. The van der Waals surface area contributed by atoms with Gasteiger partial charge >= 0.3 is 0 Å². The van der Waals surface area contributed by atoms with Crippen molar-refractivity contribution >= 4 is 22.9 Å². The van der Waals surface area contributed by atoms with Crippen LogP contribution in [-0.4, -0.2) is 53.6 Å². The minimum Gasteiger partial charge on any atom is -0.497 e. The molecule has 3 heterocycles. The number of nitrogens with one attached hydrogen (secondary N) is 1. The van der Waals surface area contributed by atoms with Crippen LogP contribution in [0.25, 0.3) is 10.6 Å². The van der Waals surface area contributed by atoms with Crippen molar-refractivity contribution in [3.63, 3.8) is 0 Å². The van der Waals surface area contributed by atoms with Crippen LogP contribution in [-0.2, 0) is 16.5 Å². The highest BCUT2D eigenvalue weighted by Gasteiger charge is 2.30. The van der Waals surface area contributed by atoms with Gasteiger partial charge in [0.15, 0.2) is 0 Å². The Hall–Kier alpha value is -2.93. The zero-order chi connectivity index (χ0) is 24.4. The third kappa shape index (κ3) is 4.80. The van der Waals surface area contributed by atoms with Gasteiger partial charge in [0.25, 0.3) is 5.91 Å². The summed E-state index contributed by atoms with van der Waals surface area (Å²) < 4.78 is 46.7. The largest absolute Gasteiger partial charge is 0.497 e. The number of aromatic nitrogens is 3. The molecule has 1 fully saturated rings. The van der Waals surface area contributed by atoms with Gasteiger partial charge in [-0.2, -0.15) is 5.10 Å². The standard InChI is InChI=1S/C22H25F2N5O4S/c1-29-20(17-5-4-14(25)18(32-3)9-33-17)15(8-26-29)27-21(30)16-10-34-22(28-16)19-12(23)6-11(31-2)7-13(19)24/h6-8,10,14,17-18H,4-5,9,25H2,1-3H3,(H,27,30)/t14?,17?,18-/m0/s1. The topological polar surface area (TPSA) is 114 Å². The summed E-state index contributed by atoms with van der Waals surface area (Å²) in [5.41, 5.74) is 7.00. The number of rotatable bonds is 6. The molecule has 0 radical (unpaired) electrons. The van der Waals surface area contributed by atoms with Crippen molar-refractivity contribution < 1.29 is 27.8 Å². The first-order valence-electron chi connectivity index (χ1n) is 10.5. The van der Waals surface area contributed by atoms with Crippen molar-refractivity contribution in [1.29, 1.82) is 0 Å². The molecule has 182 valence electrons. The normalized spacial score (nSPS) is 20.7. The molecule has 1 aliphatic rings. The fraction of sp³-hybridized carbons (Fsp3) is 0.409. The van der Waals surface area contributed by atoms with Crippen LogP contribution in [0.2, 0.25) is 0 Å². The summed E-state index contributed by atoms with van der Waals surface area (Å²) in [6, 6.07) is 1.97. The van der Waals surface area contributed by atoms with Gasteiger partial charge in [-0.3, -0.25) is 9.48 Å². The molecule has 3 aromatic rings. The number of methoxy groups -OCH3 is 2. The zero-order valence-corrected chi connectivity index (χ0v) is 19.7. The van der Waals surface area contributed by atoms with Gasteiger partial charge in [0, 0.05) is 37.7 Å².